The first kappa shape index (κ1) is 13.4. The third kappa shape index (κ3) is 3.48. The topological polar surface area (TPSA) is 46.5 Å². The number of aliphatic hydroxyl groups excluding tert-OH is 1. The molecule has 96 valence electrons. The number of ether oxygens (including phenoxy) is 1. The smallest absolute Gasteiger partial charge is 0.309 e. The van der Waals surface area contributed by atoms with E-state index in [0.717, 1.165) is 5.56 Å². The minimum Gasteiger partial charge on any atom is -0.458 e. The summed E-state index contributed by atoms with van der Waals surface area (Å²) in [7, 11) is 0. The summed E-state index contributed by atoms with van der Waals surface area (Å²) in [5.41, 5.74) is 0.789. The van der Waals surface area contributed by atoms with Crippen molar-refractivity contribution in [2.24, 2.45) is 0 Å². The number of halogens is 2. The SMILES string of the molecule is O=C1CC(O)CC(/C=C/c2ccc(Cl)cc2Cl)O1. The highest BCUT2D eigenvalue weighted by molar-refractivity contribution is 6.35. The molecule has 2 rings (SSSR count). The first-order valence-electron chi connectivity index (χ1n) is 5.55. The Morgan fingerprint density at radius 1 is 1.39 bits per heavy atom. The molecule has 18 heavy (non-hydrogen) atoms. The van der Waals surface area contributed by atoms with Crippen LogP contribution >= 0.6 is 23.2 Å². The normalized spacial score (nSPS) is 24.3. The third-order valence-electron chi connectivity index (χ3n) is 2.64. The van der Waals surface area contributed by atoms with Gasteiger partial charge in [0.1, 0.15) is 6.10 Å². The van der Waals surface area contributed by atoms with E-state index in [1.165, 1.54) is 0 Å². The molecule has 0 radical (unpaired) electrons. The second kappa shape index (κ2) is 5.74. The Morgan fingerprint density at radius 3 is 2.83 bits per heavy atom. The van der Waals surface area contributed by atoms with Gasteiger partial charge in [-0.25, -0.2) is 0 Å². The van der Waals surface area contributed by atoms with Crippen LogP contribution in [0, 0.1) is 0 Å². The molecule has 2 unspecified atom stereocenters. The van der Waals surface area contributed by atoms with E-state index in [1.54, 1.807) is 30.4 Å². The first-order valence-corrected chi connectivity index (χ1v) is 6.31. The molecule has 1 heterocycles. The lowest BCUT2D eigenvalue weighted by molar-refractivity contribution is -0.156. The minimum absolute atomic E-state index is 0.0615. The van der Waals surface area contributed by atoms with Gasteiger partial charge in [0.25, 0.3) is 0 Å². The summed E-state index contributed by atoms with van der Waals surface area (Å²) < 4.78 is 5.09. The number of aliphatic hydroxyl groups is 1. The predicted octanol–water partition coefficient (Wildman–Crippen LogP) is 3.07. The van der Waals surface area contributed by atoms with Gasteiger partial charge in [-0.3, -0.25) is 4.79 Å². The second-order valence-corrected chi connectivity index (χ2v) is 4.99. The molecule has 1 aliphatic heterocycles. The van der Waals surface area contributed by atoms with E-state index in [2.05, 4.69) is 0 Å². The van der Waals surface area contributed by atoms with Gasteiger partial charge >= 0.3 is 5.97 Å². The second-order valence-electron chi connectivity index (χ2n) is 4.15. The highest BCUT2D eigenvalue weighted by atomic mass is 35.5. The fraction of sp³-hybridized carbons (Fsp3) is 0.308. The summed E-state index contributed by atoms with van der Waals surface area (Å²) >= 11 is 11.8. The molecule has 0 bridgehead atoms. The summed E-state index contributed by atoms with van der Waals surface area (Å²) in [4.78, 5) is 11.1. The lowest BCUT2D eigenvalue weighted by atomic mass is 10.0. The van der Waals surface area contributed by atoms with Crippen molar-refractivity contribution in [3.63, 3.8) is 0 Å². The number of esters is 1. The molecule has 1 aromatic carbocycles. The van der Waals surface area contributed by atoms with Gasteiger partial charge in [-0.05, 0) is 23.8 Å². The molecule has 0 aliphatic carbocycles. The van der Waals surface area contributed by atoms with Crippen molar-refractivity contribution < 1.29 is 14.6 Å². The highest BCUT2D eigenvalue weighted by Crippen LogP contribution is 2.23. The van der Waals surface area contributed by atoms with Crippen molar-refractivity contribution in [3.05, 3.63) is 39.9 Å². The predicted molar refractivity (Wildman–Crippen MR) is 70.6 cm³/mol. The first-order chi connectivity index (χ1) is 8.54. The quantitative estimate of drug-likeness (QED) is 0.850. The molecule has 0 aromatic heterocycles. The molecule has 3 nitrogen and oxygen atoms in total. The van der Waals surface area contributed by atoms with E-state index in [0.29, 0.717) is 16.5 Å². The molecule has 5 heteroatoms. The summed E-state index contributed by atoms with van der Waals surface area (Å²) in [5.74, 6) is -0.384. The Kier molecular flexibility index (Phi) is 4.27. The van der Waals surface area contributed by atoms with Gasteiger partial charge in [0.15, 0.2) is 0 Å². The molecule has 1 saturated heterocycles. The zero-order valence-corrected chi connectivity index (χ0v) is 11.0. The van der Waals surface area contributed by atoms with E-state index in [1.807, 2.05) is 0 Å². The van der Waals surface area contributed by atoms with E-state index < -0.39 is 12.2 Å². The molecular weight excluding hydrogens is 275 g/mol. The van der Waals surface area contributed by atoms with Gasteiger partial charge in [0.2, 0.25) is 0 Å². The average Bonchev–Trinajstić information content (AvgIpc) is 2.26. The maximum Gasteiger partial charge on any atom is 0.309 e. The van der Waals surface area contributed by atoms with Gasteiger partial charge in [0.05, 0.1) is 12.5 Å². The van der Waals surface area contributed by atoms with Crippen LogP contribution in [0.1, 0.15) is 18.4 Å². The van der Waals surface area contributed by atoms with Crippen molar-refractivity contribution in [3.8, 4) is 0 Å². The molecule has 1 aromatic rings. The molecular formula is C13H12Cl2O3. The van der Waals surface area contributed by atoms with Crippen LogP contribution in [0.2, 0.25) is 10.0 Å². The van der Waals surface area contributed by atoms with Crippen LogP contribution in [0.4, 0.5) is 0 Å². The Morgan fingerprint density at radius 2 is 2.17 bits per heavy atom. The highest BCUT2D eigenvalue weighted by Gasteiger charge is 2.25. The largest absolute Gasteiger partial charge is 0.458 e. The summed E-state index contributed by atoms with van der Waals surface area (Å²) in [6.07, 6.45) is 2.90. The average molecular weight is 287 g/mol. The van der Waals surface area contributed by atoms with Crippen molar-refractivity contribution in [1.82, 2.24) is 0 Å². The van der Waals surface area contributed by atoms with Crippen molar-refractivity contribution >= 4 is 35.2 Å². The van der Waals surface area contributed by atoms with Gasteiger partial charge in [-0.15, -0.1) is 0 Å². The van der Waals surface area contributed by atoms with Crippen molar-refractivity contribution in [1.29, 1.82) is 0 Å². The van der Waals surface area contributed by atoms with Gasteiger partial charge in [-0.2, -0.15) is 0 Å². The monoisotopic (exact) mass is 286 g/mol. The standard InChI is InChI=1S/C13H12Cl2O3/c14-9-3-1-8(12(15)5-9)2-4-11-6-10(16)7-13(17)18-11/h1-5,10-11,16H,6-7H2/b4-2+. The maximum atomic E-state index is 11.1. The number of hydrogen-bond acceptors (Lipinski definition) is 3. The molecule has 0 saturated carbocycles. The third-order valence-corrected chi connectivity index (χ3v) is 3.20. The van der Waals surface area contributed by atoms with Crippen LogP contribution < -0.4 is 0 Å². The van der Waals surface area contributed by atoms with Crippen LogP contribution in [-0.2, 0) is 9.53 Å². The van der Waals surface area contributed by atoms with Crippen LogP contribution in [0.25, 0.3) is 6.08 Å². The fourth-order valence-electron chi connectivity index (χ4n) is 1.77. The number of carbonyl (C=O) groups is 1. The van der Waals surface area contributed by atoms with Crippen LogP contribution in [0.15, 0.2) is 24.3 Å². The zero-order valence-electron chi connectivity index (χ0n) is 9.48. The number of carbonyl (C=O) groups excluding carboxylic acids is 1. The molecule has 1 fully saturated rings. The van der Waals surface area contributed by atoms with Crippen LogP contribution in [0.5, 0.6) is 0 Å². The van der Waals surface area contributed by atoms with Crippen LogP contribution in [-0.4, -0.2) is 23.3 Å². The lowest BCUT2D eigenvalue weighted by Crippen LogP contribution is -2.31. The Hall–Kier alpha value is -1.03. The Labute approximate surface area is 115 Å². The maximum absolute atomic E-state index is 11.1. The molecule has 1 N–H and O–H groups in total. The number of cyclic esters (lactones) is 1. The Balaban J connectivity index is 2.08. The van der Waals surface area contributed by atoms with Crippen molar-refractivity contribution in [2.45, 2.75) is 25.0 Å². The fourth-order valence-corrected chi connectivity index (χ4v) is 2.25. The van der Waals surface area contributed by atoms with Gasteiger partial charge < -0.3 is 9.84 Å². The summed E-state index contributed by atoms with van der Waals surface area (Å²) in [6, 6.07) is 5.15. The number of benzene rings is 1. The Bertz CT molecular complexity index is 485. The minimum atomic E-state index is -0.637. The lowest BCUT2D eigenvalue weighted by Gasteiger charge is -2.23. The number of hydrogen-bond donors (Lipinski definition) is 1. The van der Waals surface area contributed by atoms with E-state index in [4.69, 9.17) is 27.9 Å². The molecule has 0 amide bonds. The van der Waals surface area contributed by atoms with Crippen LogP contribution in [0.3, 0.4) is 0 Å². The van der Waals surface area contributed by atoms with Gasteiger partial charge in [-0.1, -0.05) is 35.3 Å². The van der Waals surface area contributed by atoms with E-state index in [9.17, 15) is 9.90 Å². The molecule has 1 aliphatic rings. The zero-order chi connectivity index (χ0) is 13.1. The molecule has 2 atom stereocenters. The summed E-state index contributed by atoms with van der Waals surface area (Å²) in [5, 5.41) is 10.6. The number of rotatable bonds is 2. The van der Waals surface area contributed by atoms with Gasteiger partial charge in [0, 0.05) is 16.5 Å². The van der Waals surface area contributed by atoms with E-state index in [-0.39, 0.29) is 12.4 Å². The van der Waals surface area contributed by atoms with Crippen molar-refractivity contribution in [2.75, 3.05) is 0 Å². The molecule has 0 spiro atoms. The summed E-state index contributed by atoms with van der Waals surface area (Å²) in [6.45, 7) is 0. The van der Waals surface area contributed by atoms with E-state index >= 15 is 0 Å².